The topological polar surface area (TPSA) is 127 Å². The summed E-state index contributed by atoms with van der Waals surface area (Å²) in [6.07, 6.45) is 7.06. The Morgan fingerprint density at radius 2 is 1.76 bits per heavy atom. The van der Waals surface area contributed by atoms with Crippen molar-refractivity contribution in [2.45, 2.75) is 57.5 Å². The summed E-state index contributed by atoms with van der Waals surface area (Å²) in [5, 5.41) is 6.17. The minimum Gasteiger partial charge on any atom is -0.497 e. The Hall–Kier alpha value is -3.66. The van der Waals surface area contributed by atoms with Crippen LogP contribution in [0.25, 0.3) is 22.3 Å². The van der Waals surface area contributed by atoms with Gasteiger partial charge in [0, 0.05) is 30.5 Å². The number of amides is 2. The van der Waals surface area contributed by atoms with Gasteiger partial charge in [0.2, 0.25) is 5.91 Å². The number of aryl methyl sites for hydroxylation is 1. The maximum Gasteiger partial charge on any atom is 0.255 e. The number of fused-ring (bicyclic) bond motifs is 1. The van der Waals surface area contributed by atoms with Crippen LogP contribution in [0.5, 0.6) is 11.5 Å². The van der Waals surface area contributed by atoms with Crippen molar-refractivity contribution in [2.75, 3.05) is 27.4 Å². The van der Waals surface area contributed by atoms with Gasteiger partial charge >= 0.3 is 0 Å². The van der Waals surface area contributed by atoms with Crippen molar-refractivity contribution in [1.29, 1.82) is 0 Å². The lowest BCUT2D eigenvalue weighted by Crippen LogP contribution is -2.44. The van der Waals surface area contributed by atoms with Crippen molar-refractivity contribution >= 4 is 22.8 Å². The molecule has 3 aromatic rings. The molecule has 2 aliphatic carbocycles. The lowest BCUT2D eigenvalue weighted by Gasteiger charge is -2.29. The zero-order chi connectivity index (χ0) is 26.6. The third-order valence-corrected chi connectivity index (χ3v) is 7.31. The first kappa shape index (κ1) is 26.0. The summed E-state index contributed by atoms with van der Waals surface area (Å²) < 4.78 is 16.5. The second-order valence-corrected chi connectivity index (χ2v) is 10.2. The van der Waals surface area contributed by atoms with Crippen LogP contribution in [0, 0.1) is 12.8 Å². The van der Waals surface area contributed by atoms with Crippen molar-refractivity contribution in [3.8, 4) is 22.8 Å². The summed E-state index contributed by atoms with van der Waals surface area (Å²) in [7, 11) is 3.13. The molecule has 10 nitrogen and oxygen atoms in total. The molecule has 2 heterocycles. The summed E-state index contributed by atoms with van der Waals surface area (Å²) in [4.78, 5) is 37.7. The number of H-pyrrole nitrogens is 1. The highest BCUT2D eigenvalue weighted by atomic mass is 16.5. The molecule has 202 valence electrons. The van der Waals surface area contributed by atoms with Crippen LogP contribution in [-0.2, 0) is 9.53 Å². The molecule has 0 atom stereocenters. The fourth-order valence-electron chi connectivity index (χ4n) is 5.08. The van der Waals surface area contributed by atoms with Gasteiger partial charge in [-0.2, -0.15) is 0 Å². The van der Waals surface area contributed by atoms with E-state index in [0.717, 1.165) is 42.7 Å². The SMILES string of the molecule is COCC(=O)N[C@H]1CC[C@@H](NC(=O)c2c(C)[nH]c3c(-c4cc(OC)ccc4OCC4CC4)ncnc23)CC1. The van der Waals surface area contributed by atoms with Crippen LogP contribution in [-0.4, -0.2) is 66.3 Å². The van der Waals surface area contributed by atoms with E-state index in [4.69, 9.17) is 14.2 Å². The van der Waals surface area contributed by atoms with Gasteiger partial charge in [0.25, 0.3) is 5.91 Å². The van der Waals surface area contributed by atoms with E-state index in [0.29, 0.717) is 40.6 Å². The van der Waals surface area contributed by atoms with Crippen molar-refractivity contribution in [3.05, 3.63) is 35.8 Å². The number of rotatable bonds is 10. The Morgan fingerprint density at radius 3 is 2.45 bits per heavy atom. The molecule has 0 radical (unpaired) electrons. The number of nitrogens with one attached hydrogen (secondary N) is 3. The van der Waals surface area contributed by atoms with Crippen LogP contribution in [0.2, 0.25) is 0 Å². The van der Waals surface area contributed by atoms with E-state index >= 15 is 0 Å². The average molecular weight is 522 g/mol. The van der Waals surface area contributed by atoms with E-state index < -0.39 is 0 Å². The van der Waals surface area contributed by atoms with Gasteiger partial charge in [0.05, 0.1) is 24.8 Å². The molecule has 0 unspecified atom stereocenters. The van der Waals surface area contributed by atoms with Crippen LogP contribution in [0.15, 0.2) is 24.5 Å². The number of nitrogens with zero attached hydrogens (tertiary/aromatic N) is 2. The number of ether oxygens (including phenoxy) is 3. The third kappa shape index (κ3) is 5.75. The van der Waals surface area contributed by atoms with Crippen molar-refractivity contribution in [2.24, 2.45) is 5.92 Å². The van der Waals surface area contributed by atoms with E-state index in [1.54, 1.807) is 7.11 Å². The van der Waals surface area contributed by atoms with Crippen LogP contribution < -0.4 is 20.1 Å². The van der Waals surface area contributed by atoms with Gasteiger partial charge in [0.15, 0.2) is 0 Å². The largest absolute Gasteiger partial charge is 0.497 e. The van der Waals surface area contributed by atoms with Gasteiger partial charge in [-0.15, -0.1) is 0 Å². The zero-order valence-corrected chi connectivity index (χ0v) is 22.1. The number of hydrogen-bond donors (Lipinski definition) is 3. The highest BCUT2D eigenvalue weighted by Gasteiger charge is 2.27. The van der Waals surface area contributed by atoms with E-state index in [2.05, 4.69) is 25.6 Å². The molecule has 2 aromatic heterocycles. The number of methoxy groups -OCH3 is 2. The standard InChI is InChI=1S/C28H35N5O5/c1-16-24(28(35)33-19-8-6-18(7-9-19)32-23(34)14-36-2)26-27(31-16)25(29-15-30-26)21-12-20(37-3)10-11-22(21)38-13-17-4-5-17/h10-12,15,17-19,31H,4-9,13-14H2,1-3H3,(H,32,34)(H,33,35)/t18-,19+. The second kappa shape index (κ2) is 11.4. The molecule has 38 heavy (non-hydrogen) atoms. The van der Waals surface area contributed by atoms with Crippen molar-refractivity contribution in [3.63, 3.8) is 0 Å². The van der Waals surface area contributed by atoms with E-state index in [-0.39, 0.29) is 30.5 Å². The molecule has 0 spiro atoms. The molecular weight excluding hydrogens is 486 g/mol. The molecule has 1 aromatic carbocycles. The van der Waals surface area contributed by atoms with Gasteiger partial charge in [-0.25, -0.2) is 9.97 Å². The minimum atomic E-state index is -0.166. The lowest BCUT2D eigenvalue weighted by molar-refractivity contribution is -0.125. The highest BCUT2D eigenvalue weighted by Crippen LogP contribution is 2.38. The Kier molecular flexibility index (Phi) is 7.78. The molecule has 2 saturated carbocycles. The maximum absolute atomic E-state index is 13.4. The van der Waals surface area contributed by atoms with Gasteiger partial charge < -0.3 is 29.8 Å². The second-order valence-electron chi connectivity index (χ2n) is 10.2. The van der Waals surface area contributed by atoms with Crippen LogP contribution in [0.3, 0.4) is 0 Å². The summed E-state index contributed by atoms with van der Waals surface area (Å²) in [6, 6.07) is 5.83. The first-order valence-corrected chi connectivity index (χ1v) is 13.2. The Labute approximate surface area is 221 Å². The third-order valence-electron chi connectivity index (χ3n) is 7.31. The molecule has 2 amide bonds. The first-order chi connectivity index (χ1) is 18.5. The van der Waals surface area contributed by atoms with Gasteiger partial charge in [-0.05, 0) is 69.6 Å². The first-order valence-electron chi connectivity index (χ1n) is 13.2. The van der Waals surface area contributed by atoms with Gasteiger partial charge in [0.1, 0.15) is 35.6 Å². The average Bonchev–Trinajstić information content (AvgIpc) is 3.68. The molecule has 0 aliphatic heterocycles. The molecular formula is C28H35N5O5. The van der Waals surface area contributed by atoms with Crippen LogP contribution in [0.1, 0.15) is 54.6 Å². The van der Waals surface area contributed by atoms with Gasteiger partial charge in [-0.3, -0.25) is 9.59 Å². The predicted molar refractivity (Wildman–Crippen MR) is 142 cm³/mol. The van der Waals surface area contributed by atoms with Crippen molar-refractivity contribution < 1.29 is 23.8 Å². The van der Waals surface area contributed by atoms with Crippen molar-refractivity contribution in [1.82, 2.24) is 25.6 Å². The van der Waals surface area contributed by atoms with Crippen LogP contribution >= 0.6 is 0 Å². The molecule has 3 N–H and O–H groups in total. The lowest BCUT2D eigenvalue weighted by atomic mass is 9.91. The Balaban J connectivity index is 1.35. The van der Waals surface area contributed by atoms with Gasteiger partial charge in [-0.1, -0.05) is 0 Å². The van der Waals surface area contributed by atoms with E-state index in [1.807, 2.05) is 25.1 Å². The normalized spacial score (nSPS) is 19.2. The molecule has 0 saturated heterocycles. The highest BCUT2D eigenvalue weighted by molar-refractivity contribution is 6.09. The van der Waals surface area contributed by atoms with E-state index in [1.165, 1.54) is 26.3 Å². The zero-order valence-electron chi connectivity index (χ0n) is 22.1. The fourth-order valence-corrected chi connectivity index (χ4v) is 5.08. The molecule has 2 fully saturated rings. The number of carbonyl (C=O) groups is 2. The minimum absolute atomic E-state index is 0.0320. The molecule has 2 aliphatic rings. The quantitative estimate of drug-likeness (QED) is 0.372. The molecule has 0 bridgehead atoms. The summed E-state index contributed by atoms with van der Waals surface area (Å²) in [5.74, 6) is 1.75. The number of carbonyl (C=O) groups excluding carboxylic acids is 2. The smallest absolute Gasteiger partial charge is 0.255 e. The number of hydrogen-bond acceptors (Lipinski definition) is 7. The monoisotopic (exact) mass is 521 g/mol. The van der Waals surface area contributed by atoms with E-state index in [9.17, 15) is 9.59 Å². The molecule has 10 heteroatoms. The Bertz CT molecular complexity index is 1310. The van der Waals surface area contributed by atoms with Crippen LogP contribution in [0.4, 0.5) is 0 Å². The fraction of sp³-hybridized carbons (Fsp3) is 0.500. The summed E-state index contributed by atoms with van der Waals surface area (Å²) in [6.45, 7) is 2.60. The Morgan fingerprint density at radius 1 is 1.03 bits per heavy atom. The number of aromatic nitrogens is 3. The number of aromatic amines is 1. The predicted octanol–water partition coefficient (Wildman–Crippen LogP) is 3.53. The summed E-state index contributed by atoms with van der Waals surface area (Å²) >= 11 is 0. The summed E-state index contributed by atoms with van der Waals surface area (Å²) in [5.41, 5.74) is 3.95. The maximum atomic E-state index is 13.4. The molecule has 5 rings (SSSR count). The number of benzene rings is 1.